The van der Waals surface area contributed by atoms with Crippen LogP contribution in [-0.4, -0.2) is 72.9 Å². The van der Waals surface area contributed by atoms with Gasteiger partial charge in [-0.15, -0.1) is 12.4 Å². The second kappa shape index (κ2) is 9.37. The summed E-state index contributed by atoms with van der Waals surface area (Å²) in [7, 11) is 2.13. The lowest BCUT2D eigenvalue weighted by Gasteiger charge is -2.49. The van der Waals surface area contributed by atoms with Crippen molar-refractivity contribution in [2.75, 3.05) is 39.8 Å². The van der Waals surface area contributed by atoms with E-state index in [1.54, 1.807) is 0 Å². The van der Waals surface area contributed by atoms with Crippen LogP contribution in [0.4, 0.5) is 0 Å². The quantitative estimate of drug-likeness (QED) is 0.846. The van der Waals surface area contributed by atoms with Gasteiger partial charge in [-0.1, -0.05) is 23.7 Å². The van der Waals surface area contributed by atoms with E-state index in [1.165, 1.54) is 18.4 Å². The number of hydrogen-bond donors (Lipinski definition) is 2. The molecule has 0 unspecified atom stereocenters. The first-order valence-corrected chi connectivity index (χ1v) is 9.07. The van der Waals surface area contributed by atoms with Gasteiger partial charge in [-0.3, -0.25) is 9.80 Å². The van der Waals surface area contributed by atoms with E-state index < -0.39 is 0 Å². The molecule has 6 heteroatoms. The average Bonchev–Trinajstić information content (AvgIpc) is 2.58. The molecule has 2 atom stereocenters. The molecule has 2 aliphatic heterocycles. The summed E-state index contributed by atoms with van der Waals surface area (Å²) in [6, 6.07) is 9.64. The van der Waals surface area contributed by atoms with Gasteiger partial charge in [0.15, 0.2) is 0 Å². The van der Waals surface area contributed by atoms with Crippen molar-refractivity contribution in [3.63, 3.8) is 0 Å². The van der Waals surface area contributed by atoms with Gasteiger partial charge < -0.3 is 10.4 Å². The molecule has 0 aliphatic carbocycles. The molecule has 2 aliphatic rings. The zero-order valence-electron chi connectivity index (χ0n) is 14.3. The molecule has 0 radical (unpaired) electrons. The van der Waals surface area contributed by atoms with Crippen LogP contribution in [0.25, 0.3) is 0 Å². The molecular weight excluding hydrogens is 345 g/mol. The molecule has 2 heterocycles. The molecule has 3 rings (SSSR count). The maximum Gasteiger partial charge on any atom is 0.0599 e. The zero-order chi connectivity index (χ0) is 16.2. The Balaban J connectivity index is 0.00000208. The normalized spacial score (nSPS) is 27.0. The third kappa shape index (κ3) is 4.84. The standard InChI is InChI=1S/C18H28ClN3O.ClH/c1-21-11-17(10-14-2-4-15(19)5-3-14)22(12-18(21)13-23)16-6-8-20-9-7-16;/h2-5,16-18,20,23H,6-13H2,1H3;1H/t17-,18+;/m0./s1. The average molecular weight is 374 g/mol. The first-order valence-electron chi connectivity index (χ1n) is 8.69. The molecule has 0 aromatic heterocycles. The maximum absolute atomic E-state index is 9.69. The minimum atomic E-state index is 0. The van der Waals surface area contributed by atoms with Crippen molar-refractivity contribution in [1.29, 1.82) is 0 Å². The molecular formula is C18H29Cl2N3O. The first kappa shape index (κ1) is 20.0. The monoisotopic (exact) mass is 373 g/mol. The molecule has 0 spiro atoms. The van der Waals surface area contributed by atoms with E-state index >= 15 is 0 Å². The number of nitrogens with zero attached hydrogens (tertiary/aromatic N) is 2. The van der Waals surface area contributed by atoms with Gasteiger partial charge in [0.05, 0.1) is 6.61 Å². The van der Waals surface area contributed by atoms with Crippen LogP contribution in [0.1, 0.15) is 18.4 Å². The topological polar surface area (TPSA) is 38.7 Å². The van der Waals surface area contributed by atoms with E-state index in [2.05, 4.69) is 34.3 Å². The summed E-state index contributed by atoms with van der Waals surface area (Å²) < 4.78 is 0. The Bertz CT molecular complexity index is 494. The Morgan fingerprint density at radius 1 is 1.12 bits per heavy atom. The van der Waals surface area contributed by atoms with Crippen LogP contribution in [0.3, 0.4) is 0 Å². The van der Waals surface area contributed by atoms with Crippen LogP contribution in [0.2, 0.25) is 5.02 Å². The number of halogens is 2. The number of aliphatic hydroxyl groups is 1. The zero-order valence-corrected chi connectivity index (χ0v) is 15.9. The maximum atomic E-state index is 9.69. The summed E-state index contributed by atoms with van der Waals surface area (Å²) in [6.45, 7) is 4.43. The second-order valence-corrected chi connectivity index (χ2v) is 7.37. The van der Waals surface area contributed by atoms with Gasteiger partial charge in [-0.25, -0.2) is 0 Å². The van der Waals surface area contributed by atoms with Crippen LogP contribution < -0.4 is 5.32 Å². The minimum Gasteiger partial charge on any atom is -0.395 e. The van der Waals surface area contributed by atoms with Crippen molar-refractivity contribution in [3.05, 3.63) is 34.9 Å². The van der Waals surface area contributed by atoms with Crippen molar-refractivity contribution >= 4 is 24.0 Å². The van der Waals surface area contributed by atoms with Gasteiger partial charge in [0.1, 0.15) is 0 Å². The Labute approximate surface area is 156 Å². The Kier molecular flexibility index (Phi) is 7.79. The summed E-state index contributed by atoms with van der Waals surface area (Å²) in [5.74, 6) is 0. The number of likely N-dealkylation sites (N-methyl/N-ethyl adjacent to an activating group) is 1. The van der Waals surface area contributed by atoms with Crippen molar-refractivity contribution < 1.29 is 5.11 Å². The number of piperidine rings is 1. The fourth-order valence-electron chi connectivity index (χ4n) is 3.98. The van der Waals surface area contributed by atoms with Crippen LogP contribution in [0, 0.1) is 0 Å². The number of aliphatic hydroxyl groups excluding tert-OH is 1. The number of nitrogens with one attached hydrogen (secondary N) is 1. The molecule has 4 nitrogen and oxygen atoms in total. The molecule has 0 amide bonds. The van der Waals surface area contributed by atoms with Crippen LogP contribution >= 0.6 is 24.0 Å². The highest BCUT2D eigenvalue weighted by atomic mass is 35.5. The minimum absolute atomic E-state index is 0. The number of benzene rings is 1. The highest BCUT2D eigenvalue weighted by molar-refractivity contribution is 6.30. The first-order chi connectivity index (χ1) is 11.2. The summed E-state index contributed by atoms with van der Waals surface area (Å²) >= 11 is 6.01. The Hall–Kier alpha value is -0.360. The van der Waals surface area contributed by atoms with Gasteiger partial charge >= 0.3 is 0 Å². The number of rotatable bonds is 4. The van der Waals surface area contributed by atoms with E-state index in [0.717, 1.165) is 37.6 Å². The second-order valence-electron chi connectivity index (χ2n) is 6.94. The van der Waals surface area contributed by atoms with Gasteiger partial charge in [-0.2, -0.15) is 0 Å². The lowest BCUT2D eigenvalue weighted by atomic mass is 9.94. The van der Waals surface area contributed by atoms with Gasteiger partial charge in [0.25, 0.3) is 0 Å². The molecule has 2 fully saturated rings. The van der Waals surface area contributed by atoms with Crippen molar-refractivity contribution in [1.82, 2.24) is 15.1 Å². The van der Waals surface area contributed by atoms with Crippen LogP contribution in [0.5, 0.6) is 0 Å². The largest absolute Gasteiger partial charge is 0.395 e. The van der Waals surface area contributed by atoms with E-state index in [4.69, 9.17) is 11.6 Å². The smallest absolute Gasteiger partial charge is 0.0599 e. The van der Waals surface area contributed by atoms with Gasteiger partial charge in [0.2, 0.25) is 0 Å². The number of hydrogen-bond acceptors (Lipinski definition) is 4. The molecule has 0 bridgehead atoms. The fraction of sp³-hybridized carbons (Fsp3) is 0.667. The van der Waals surface area contributed by atoms with Gasteiger partial charge in [-0.05, 0) is 57.1 Å². The van der Waals surface area contributed by atoms with Crippen molar-refractivity contribution in [2.24, 2.45) is 0 Å². The SMILES string of the molecule is CN1C[C@H](Cc2ccc(Cl)cc2)N(C2CCNCC2)C[C@@H]1CO.Cl. The van der Waals surface area contributed by atoms with Crippen molar-refractivity contribution in [2.45, 2.75) is 37.4 Å². The Morgan fingerprint density at radius 3 is 2.42 bits per heavy atom. The Morgan fingerprint density at radius 2 is 1.79 bits per heavy atom. The fourth-order valence-corrected chi connectivity index (χ4v) is 4.10. The number of piperazine rings is 1. The molecule has 2 saturated heterocycles. The summed E-state index contributed by atoms with van der Waals surface area (Å²) in [5.41, 5.74) is 1.34. The summed E-state index contributed by atoms with van der Waals surface area (Å²) in [6.07, 6.45) is 3.46. The lowest BCUT2D eigenvalue weighted by Crippen LogP contribution is -2.62. The summed E-state index contributed by atoms with van der Waals surface area (Å²) in [4.78, 5) is 4.98. The highest BCUT2D eigenvalue weighted by Crippen LogP contribution is 2.24. The van der Waals surface area contributed by atoms with E-state index in [-0.39, 0.29) is 25.1 Å². The predicted molar refractivity (Wildman–Crippen MR) is 102 cm³/mol. The van der Waals surface area contributed by atoms with Crippen LogP contribution in [-0.2, 0) is 6.42 Å². The molecule has 1 aromatic carbocycles. The lowest BCUT2D eigenvalue weighted by molar-refractivity contribution is -0.0120. The van der Waals surface area contributed by atoms with Crippen LogP contribution in [0.15, 0.2) is 24.3 Å². The van der Waals surface area contributed by atoms with Crippen molar-refractivity contribution in [3.8, 4) is 0 Å². The molecule has 0 saturated carbocycles. The molecule has 136 valence electrons. The molecule has 1 aromatic rings. The van der Waals surface area contributed by atoms with Gasteiger partial charge in [0, 0.05) is 36.2 Å². The van der Waals surface area contributed by atoms with E-state index in [0.29, 0.717) is 12.1 Å². The third-order valence-corrected chi connectivity index (χ3v) is 5.64. The highest BCUT2D eigenvalue weighted by Gasteiger charge is 2.35. The molecule has 24 heavy (non-hydrogen) atoms. The predicted octanol–water partition coefficient (Wildman–Crippen LogP) is 2.03. The van der Waals surface area contributed by atoms with E-state index in [9.17, 15) is 5.11 Å². The van der Waals surface area contributed by atoms with E-state index in [1.807, 2.05) is 12.1 Å². The molecule has 2 N–H and O–H groups in total. The summed E-state index contributed by atoms with van der Waals surface area (Å²) in [5, 5.41) is 13.9. The third-order valence-electron chi connectivity index (χ3n) is 5.39.